The van der Waals surface area contributed by atoms with Crippen LogP contribution in [0.2, 0.25) is 0 Å². The Hall–Kier alpha value is -1.96. The minimum absolute atomic E-state index is 0.253. The Labute approximate surface area is 101 Å². The average molecular weight is 228 g/mol. The number of allylic oxidation sites excluding steroid dienone is 4. The van der Waals surface area contributed by atoms with Crippen LogP contribution in [-0.4, -0.2) is 10.2 Å². The van der Waals surface area contributed by atoms with Crippen molar-refractivity contribution in [1.29, 1.82) is 0 Å². The summed E-state index contributed by atoms with van der Waals surface area (Å²) in [4.78, 5) is 0. The number of phenols is 2. The van der Waals surface area contributed by atoms with Crippen LogP contribution in [-0.2, 0) is 12.8 Å². The second-order valence-corrected chi connectivity index (χ2v) is 4.35. The molecule has 1 aromatic carbocycles. The minimum atomic E-state index is 0.253. The van der Waals surface area contributed by atoms with Crippen LogP contribution in [0.4, 0.5) is 0 Å². The van der Waals surface area contributed by atoms with E-state index in [-0.39, 0.29) is 11.5 Å². The lowest BCUT2D eigenvalue weighted by atomic mass is 9.92. The third-order valence-corrected chi connectivity index (χ3v) is 2.88. The maximum absolute atomic E-state index is 10.1. The number of aromatic hydroxyl groups is 2. The number of hydrogen-bond acceptors (Lipinski definition) is 2. The van der Waals surface area contributed by atoms with E-state index in [9.17, 15) is 10.2 Å². The van der Waals surface area contributed by atoms with E-state index in [0.717, 1.165) is 16.7 Å². The topological polar surface area (TPSA) is 40.5 Å². The summed E-state index contributed by atoms with van der Waals surface area (Å²) in [6, 6.07) is 1.60. The summed E-state index contributed by atoms with van der Waals surface area (Å²) < 4.78 is 0. The number of hydrogen-bond donors (Lipinski definition) is 2. The van der Waals surface area contributed by atoms with Gasteiger partial charge in [0.2, 0.25) is 0 Å². The molecule has 0 unspecified atom stereocenters. The largest absolute Gasteiger partial charge is 0.508 e. The van der Waals surface area contributed by atoms with Crippen molar-refractivity contribution in [3.8, 4) is 11.5 Å². The van der Waals surface area contributed by atoms with Gasteiger partial charge in [-0.15, -0.1) is 0 Å². The Morgan fingerprint density at radius 1 is 1.24 bits per heavy atom. The van der Waals surface area contributed by atoms with Crippen molar-refractivity contribution in [2.24, 2.45) is 0 Å². The third kappa shape index (κ3) is 2.26. The predicted molar refractivity (Wildman–Crippen MR) is 70.2 cm³/mol. The van der Waals surface area contributed by atoms with E-state index in [1.54, 1.807) is 12.1 Å². The fourth-order valence-corrected chi connectivity index (χ4v) is 1.98. The van der Waals surface area contributed by atoms with Crippen molar-refractivity contribution >= 4 is 6.08 Å². The zero-order valence-corrected chi connectivity index (χ0v) is 9.90. The van der Waals surface area contributed by atoms with Crippen molar-refractivity contribution in [1.82, 2.24) is 0 Å². The summed E-state index contributed by atoms with van der Waals surface area (Å²) in [5.74, 6) is 0.517. The maximum atomic E-state index is 10.1. The zero-order chi connectivity index (χ0) is 12.4. The van der Waals surface area contributed by atoms with E-state index in [0.29, 0.717) is 18.4 Å². The number of phenolic OH excluding ortho intramolecular Hbond substituents is 2. The van der Waals surface area contributed by atoms with Gasteiger partial charge in [0.05, 0.1) is 0 Å². The van der Waals surface area contributed by atoms with Crippen LogP contribution in [0.15, 0.2) is 36.4 Å². The highest BCUT2D eigenvalue weighted by atomic mass is 16.3. The summed E-state index contributed by atoms with van der Waals surface area (Å²) in [7, 11) is 0. The fraction of sp³-hybridized carbons (Fsp3) is 0.200. The van der Waals surface area contributed by atoms with Crippen LogP contribution >= 0.6 is 0 Å². The number of fused-ring (bicyclic) bond motifs is 1. The van der Waals surface area contributed by atoms with Crippen molar-refractivity contribution in [2.75, 3.05) is 0 Å². The first-order chi connectivity index (χ1) is 8.09. The van der Waals surface area contributed by atoms with Crippen LogP contribution < -0.4 is 0 Å². The molecule has 1 aliphatic carbocycles. The lowest BCUT2D eigenvalue weighted by Crippen LogP contribution is -1.99. The summed E-state index contributed by atoms with van der Waals surface area (Å²) in [5, 5.41) is 20.1. The molecule has 17 heavy (non-hydrogen) atoms. The van der Waals surface area contributed by atoms with Gasteiger partial charge in [-0.1, -0.05) is 36.5 Å². The molecule has 0 aromatic heterocycles. The van der Waals surface area contributed by atoms with Gasteiger partial charge in [-0.05, 0) is 25.8 Å². The van der Waals surface area contributed by atoms with Gasteiger partial charge in [-0.2, -0.15) is 0 Å². The molecule has 2 rings (SSSR count). The Balaban J connectivity index is 2.50. The molecule has 2 nitrogen and oxygen atoms in total. The fourth-order valence-electron chi connectivity index (χ4n) is 1.98. The lowest BCUT2D eigenvalue weighted by molar-refractivity contribution is 0.449. The van der Waals surface area contributed by atoms with Crippen molar-refractivity contribution in [2.45, 2.75) is 19.8 Å². The molecule has 1 aromatic rings. The third-order valence-electron chi connectivity index (χ3n) is 2.88. The minimum Gasteiger partial charge on any atom is -0.508 e. The lowest BCUT2D eigenvalue weighted by Gasteiger charge is -2.16. The number of rotatable bonds is 2. The molecule has 0 bridgehead atoms. The first-order valence-electron chi connectivity index (χ1n) is 5.65. The van der Waals surface area contributed by atoms with Gasteiger partial charge in [0.1, 0.15) is 11.5 Å². The van der Waals surface area contributed by atoms with Gasteiger partial charge >= 0.3 is 0 Å². The SMILES string of the molecule is C=C(C)C=Cc1cc(O)c2c(c1O)CC=CC2. The Bertz CT molecular complexity index is 522. The second kappa shape index (κ2) is 4.50. The van der Waals surface area contributed by atoms with E-state index in [4.69, 9.17) is 0 Å². The van der Waals surface area contributed by atoms with Crippen molar-refractivity contribution in [3.63, 3.8) is 0 Å². The maximum Gasteiger partial charge on any atom is 0.126 e. The first kappa shape index (κ1) is 11.5. The molecular weight excluding hydrogens is 212 g/mol. The van der Waals surface area contributed by atoms with E-state index < -0.39 is 0 Å². The molecule has 2 heteroatoms. The van der Waals surface area contributed by atoms with Gasteiger partial charge in [0.15, 0.2) is 0 Å². The zero-order valence-electron chi connectivity index (χ0n) is 9.90. The highest BCUT2D eigenvalue weighted by molar-refractivity contribution is 5.66. The predicted octanol–water partition coefficient (Wildman–Crippen LogP) is 3.34. The number of benzene rings is 1. The van der Waals surface area contributed by atoms with E-state index in [1.165, 1.54) is 0 Å². The van der Waals surface area contributed by atoms with Crippen LogP contribution in [0, 0.1) is 0 Å². The van der Waals surface area contributed by atoms with Crippen molar-refractivity contribution in [3.05, 3.63) is 53.1 Å². The van der Waals surface area contributed by atoms with E-state index in [2.05, 4.69) is 6.58 Å². The standard InChI is InChI=1S/C15H16O2/c1-10(2)7-8-11-9-14(16)12-5-3-4-6-13(12)15(11)17/h3-4,7-9,16-17H,1,5-6H2,2H3. The average Bonchev–Trinajstić information content (AvgIpc) is 2.32. The van der Waals surface area contributed by atoms with Crippen LogP contribution in [0.3, 0.4) is 0 Å². The normalized spacial score (nSPS) is 13.9. The molecule has 2 N–H and O–H groups in total. The monoisotopic (exact) mass is 228 g/mol. The molecule has 0 spiro atoms. The molecule has 1 aliphatic rings. The van der Waals surface area contributed by atoms with E-state index in [1.807, 2.05) is 25.2 Å². The van der Waals surface area contributed by atoms with E-state index >= 15 is 0 Å². The van der Waals surface area contributed by atoms with Gasteiger partial charge in [-0.25, -0.2) is 0 Å². The van der Waals surface area contributed by atoms with Crippen LogP contribution in [0.1, 0.15) is 23.6 Å². The van der Waals surface area contributed by atoms with Gasteiger partial charge in [-0.3, -0.25) is 0 Å². The molecular formula is C15H16O2. The molecule has 0 saturated heterocycles. The quantitative estimate of drug-likeness (QED) is 0.463. The van der Waals surface area contributed by atoms with Crippen LogP contribution in [0.5, 0.6) is 11.5 Å². The molecule has 0 aliphatic heterocycles. The van der Waals surface area contributed by atoms with Gasteiger partial charge in [0, 0.05) is 16.7 Å². The molecule has 88 valence electrons. The smallest absolute Gasteiger partial charge is 0.126 e. The molecule has 0 amide bonds. The van der Waals surface area contributed by atoms with Gasteiger partial charge < -0.3 is 10.2 Å². The summed E-state index contributed by atoms with van der Waals surface area (Å²) in [6.07, 6.45) is 8.96. The first-order valence-corrected chi connectivity index (χ1v) is 5.65. The summed E-state index contributed by atoms with van der Waals surface area (Å²) in [6.45, 7) is 5.65. The highest BCUT2D eigenvalue weighted by Gasteiger charge is 2.16. The molecule has 0 heterocycles. The Kier molecular flexibility index (Phi) is 3.05. The summed E-state index contributed by atoms with van der Waals surface area (Å²) >= 11 is 0. The molecule has 0 saturated carbocycles. The van der Waals surface area contributed by atoms with Gasteiger partial charge in [0.25, 0.3) is 0 Å². The van der Waals surface area contributed by atoms with Crippen molar-refractivity contribution < 1.29 is 10.2 Å². The van der Waals surface area contributed by atoms with Crippen LogP contribution in [0.25, 0.3) is 6.08 Å². The molecule has 0 fully saturated rings. The summed E-state index contributed by atoms with van der Waals surface area (Å²) in [5.41, 5.74) is 3.20. The second-order valence-electron chi connectivity index (χ2n) is 4.35. The highest BCUT2D eigenvalue weighted by Crippen LogP contribution is 2.36. The molecule has 0 radical (unpaired) electrons. The molecule has 0 atom stereocenters. The Morgan fingerprint density at radius 2 is 1.88 bits per heavy atom. The Morgan fingerprint density at radius 3 is 2.53 bits per heavy atom.